The Labute approximate surface area is 325 Å². The quantitative estimate of drug-likeness (QED) is 0.154. The van der Waals surface area contributed by atoms with Gasteiger partial charge in [0.15, 0.2) is 6.10 Å². The predicted molar refractivity (Wildman–Crippen MR) is 213 cm³/mol. The van der Waals surface area contributed by atoms with Gasteiger partial charge in [-0.1, -0.05) is 23.7 Å². The summed E-state index contributed by atoms with van der Waals surface area (Å²) in [5, 5.41) is 9.34. The highest BCUT2D eigenvalue weighted by Gasteiger charge is 2.39. The number of hydrogen-bond acceptors (Lipinski definition) is 10. The molecule has 5 heterocycles. The first-order valence-electron chi connectivity index (χ1n) is 18.7. The largest absolute Gasteiger partial charge is 0.464 e. The highest BCUT2D eigenvalue weighted by molar-refractivity contribution is 7.22. The van der Waals surface area contributed by atoms with E-state index in [1.807, 2.05) is 90.9 Å². The molecule has 0 aliphatic carbocycles. The number of ether oxygens (including phenoxy) is 3. The van der Waals surface area contributed by atoms with Gasteiger partial charge < -0.3 is 19.1 Å². The minimum atomic E-state index is -0.951. The number of benzene rings is 2. The molecule has 2 aliphatic heterocycles. The number of esters is 1. The maximum absolute atomic E-state index is 13.6. The van der Waals surface area contributed by atoms with Gasteiger partial charge in [-0.05, 0) is 123 Å². The molecule has 1 atom stereocenters. The molecule has 5 aromatic rings. The highest BCUT2D eigenvalue weighted by atomic mass is 35.5. The van der Waals surface area contributed by atoms with Crippen molar-refractivity contribution in [1.82, 2.24) is 30.0 Å². The van der Waals surface area contributed by atoms with Gasteiger partial charge in [-0.3, -0.25) is 10.00 Å². The second kappa shape index (κ2) is 14.9. The fourth-order valence-corrected chi connectivity index (χ4v) is 8.61. The van der Waals surface area contributed by atoms with E-state index in [1.165, 1.54) is 0 Å². The van der Waals surface area contributed by atoms with Gasteiger partial charge in [0, 0.05) is 41.2 Å². The molecule has 0 unspecified atom stereocenters. The number of pyridine rings is 1. The Hall–Kier alpha value is -4.10. The van der Waals surface area contributed by atoms with Crippen molar-refractivity contribution in [3.05, 3.63) is 64.3 Å². The van der Waals surface area contributed by atoms with E-state index < -0.39 is 23.3 Å². The minimum absolute atomic E-state index is 0.236. The molecule has 0 saturated carbocycles. The van der Waals surface area contributed by atoms with E-state index in [2.05, 4.69) is 15.1 Å². The predicted octanol–water partition coefficient (Wildman–Crippen LogP) is 9.08. The van der Waals surface area contributed by atoms with Gasteiger partial charge in [-0.25, -0.2) is 19.6 Å². The first-order chi connectivity index (χ1) is 25.6. The molecule has 3 aromatic heterocycles. The van der Waals surface area contributed by atoms with Crippen LogP contribution in [0.1, 0.15) is 90.2 Å². The summed E-state index contributed by atoms with van der Waals surface area (Å²) in [7, 11) is 0. The topological polar surface area (TPSA) is 123 Å². The van der Waals surface area contributed by atoms with E-state index in [4.69, 9.17) is 35.8 Å². The first-order valence-corrected chi connectivity index (χ1v) is 19.9. The van der Waals surface area contributed by atoms with E-state index in [0.29, 0.717) is 24.2 Å². The van der Waals surface area contributed by atoms with Crippen LogP contribution in [0.3, 0.4) is 0 Å². The normalized spacial score (nSPS) is 16.9. The average Bonchev–Trinajstić information content (AvgIpc) is 3.70. The van der Waals surface area contributed by atoms with E-state index in [9.17, 15) is 9.59 Å². The number of aromatic nitrogens is 4. The summed E-state index contributed by atoms with van der Waals surface area (Å²) in [6.07, 6.45) is 0.753. The number of nitrogens with one attached hydrogen (secondary N) is 1. The summed E-state index contributed by atoms with van der Waals surface area (Å²) in [5.74, 6) is -0.147. The van der Waals surface area contributed by atoms with Gasteiger partial charge >= 0.3 is 12.1 Å². The Morgan fingerprint density at radius 3 is 2.33 bits per heavy atom. The molecule has 0 spiro atoms. The summed E-state index contributed by atoms with van der Waals surface area (Å²) < 4.78 is 18.5. The summed E-state index contributed by atoms with van der Waals surface area (Å²) in [5.41, 5.74) is 6.58. The molecule has 1 N–H and O–H groups in total. The smallest absolute Gasteiger partial charge is 0.410 e. The number of carbonyl (C=O) groups excluding carboxylic acids is 2. The second-order valence-electron chi connectivity index (χ2n) is 16.3. The molecule has 2 aromatic carbocycles. The third-order valence-corrected chi connectivity index (χ3v) is 11.3. The van der Waals surface area contributed by atoms with Gasteiger partial charge in [0.1, 0.15) is 21.6 Å². The Balaban J connectivity index is 1.18. The molecule has 11 nitrogen and oxygen atoms in total. The summed E-state index contributed by atoms with van der Waals surface area (Å²) in [4.78, 5) is 40.6. The zero-order valence-electron chi connectivity index (χ0n) is 32.3. The lowest BCUT2D eigenvalue weighted by atomic mass is 9.91. The van der Waals surface area contributed by atoms with E-state index in [0.717, 1.165) is 85.8 Å². The monoisotopic (exact) mass is 772 g/mol. The van der Waals surface area contributed by atoms with Crippen LogP contribution >= 0.6 is 22.9 Å². The maximum atomic E-state index is 13.6. The van der Waals surface area contributed by atoms with Crippen LogP contribution < -0.4 is 0 Å². The fourth-order valence-electron chi connectivity index (χ4n) is 7.39. The lowest BCUT2D eigenvalue weighted by molar-refractivity contribution is -0.166. The SMILES string of the molecule is CCOC(=O)[C@@H](OC(C)(C)C)c1c(C)cc2nc(-c3ccc4n[nH]c(C5CCN(C6CN(C(=O)OC(C)(C)C)C6)CC5)c4n3)sc2c1-c1ccc(Cl)cc1. The van der Waals surface area contributed by atoms with E-state index in [1.54, 1.807) is 23.2 Å². The number of amides is 1. The van der Waals surface area contributed by atoms with Gasteiger partial charge in [-0.15, -0.1) is 11.3 Å². The van der Waals surface area contributed by atoms with Crippen molar-refractivity contribution >= 4 is 56.3 Å². The number of fused-ring (bicyclic) bond motifs is 2. The number of likely N-dealkylation sites (tertiary alicyclic amines) is 2. The number of rotatable bonds is 8. The standard InChI is InChI=1S/C41H49ClN6O5S/c1-9-51-38(49)35(52-40(3,4)5)31-23(2)20-30-36(32(31)24-10-12-26(42)13-11-24)54-37(44-30)29-15-14-28-34(43-29)33(46-45-28)25-16-18-47(19-17-25)27-21-48(22-27)39(50)53-41(6,7)8/h10-15,20,25,27,35H,9,16-19,21-22H2,1-8H3,(H,45,46)/t35-/m0/s1. The second-order valence-corrected chi connectivity index (χ2v) is 17.7. The molecular formula is C41H49ClN6O5S. The summed E-state index contributed by atoms with van der Waals surface area (Å²) in [6.45, 7) is 18.8. The maximum Gasteiger partial charge on any atom is 0.410 e. The van der Waals surface area contributed by atoms with E-state index >= 15 is 0 Å². The number of carbonyl (C=O) groups is 2. The highest BCUT2D eigenvalue weighted by Crippen LogP contribution is 2.45. The van der Waals surface area contributed by atoms with Crippen molar-refractivity contribution in [2.75, 3.05) is 32.8 Å². The zero-order valence-corrected chi connectivity index (χ0v) is 33.9. The van der Waals surface area contributed by atoms with Crippen LogP contribution in [-0.4, -0.2) is 92.1 Å². The number of halogens is 1. The zero-order chi connectivity index (χ0) is 38.5. The molecule has 7 rings (SSSR count). The van der Waals surface area contributed by atoms with Crippen LogP contribution in [0.4, 0.5) is 4.79 Å². The average molecular weight is 773 g/mol. The lowest BCUT2D eigenvalue weighted by Gasteiger charge is -2.47. The van der Waals surface area contributed by atoms with Gasteiger partial charge in [0.2, 0.25) is 0 Å². The fraction of sp³-hybridized carbons (Fsp3) is 0.488. The molecule has 2 saturated heterocycles. The number of aryl methyl sites for hydroxylation is 1. The molecule has 54 heavy (non-hydrogen) atoms. The van der Waals surface area contributed by atoms with Crippen molar-refractivity contribution in [2.24, 2.45) is 0 Å². The van der Waals surface area contributed by atoms with Crippen molar-refractivity contribution in [3.8, 4) is 21.8 Å². The molecule has 2 fully saturated rings. The van der Waals surface area contributed by atoms with Crippen molar-refractivity contribution < 1.29 is 23.8 Å². The summed E-state index contributed by atoms with van der Waals surface area (Å²) >= 11 is 7.88. The third-order valence-electron chi connectivity index (χ3n) is 9.91. The molecule has 2 aliphatic rings. The Morgan fingerprint density at radius 2 is 1.69 bits per heavy atom. The molecule has 0 radical (unpaired) electrons. The van der Waals surface area contributed by atoms with Crippen LogP contribution in [0.2, 0.25) is 5.02 Å². The number of piperidine rings is 1. The number of hydrogen-bond donors (Lipinski definition) is 1. The van der Waals surface area contributed by atoms with Crippen LogP contribution in [0.5, 0.6) is 0 Å². The number of thiazole rings is 1. The lowest BCUT2D eigenvalue weighted by Crippen LogP contribution is -2.62. The first kappa shape index (κ1) is 38.2. The summed E-state index contributed by atoms with van der Waals surface area (Å²) in [6, 6.07) is 14.0. The van der Waals surface area contributed by atoms with Crippen molar-refractivity contribution in [2.45, 2.75) is 97.5 Å². The molecule has 1 amide bonds. The Kier molecular flexibility index (Phi) is 10.5. The van der Waals surface area contributed by atoms with Crippen LogP contribution in [-0.2, 0) is 19.0 Å². The number of nitrogens with zero attached hydrogens (tertiary/aromatic N) is 5. The molecule has 286 valence electrons. The Morgan fingerprint density at radius 1 is 0.981 bits per heavy atom. The third kappa shape index (κ3) is 7.98. The minimum Gasteiger partial charge on any atom is -0.464 e. The van der Waals surface area contributed by atoms with Crippen LogP contribution in [0.25, 0.3) is 43.1 Å². The molecular weight excluding hydrogens is 724 g/mol. The molecule has 0 bridgehead atoms. The number of H-pyrrole nitrogens is 1. The van der Waals surface area contributed by atoms with Crippen LogP contribution in [0.15, 0.2) is 42.5 Å². The van der Waals surface area contributed by atoms with Gasteiger partial charge in [0.05, 0.1) is 33.8 Å². The van der Waals surface area contributed by atoms with E-state index in [-0.39, 0.29) is 18.6 Å². The van der Waals surface area contributed by atoms with Crippen LogP contribution in [0, 0.1) is 6.92 Å². The van der Waals surface area contributed by atoms with Crippen molar-refractivity contribution in [1.29, 1.82) is 0 Å². The Bertz CT molecular complexity index is 2170. The van der Waals surface area contributed by atoms with Crippen molar-refractivity contribution in [3.63, 3.8) is 0 Å². The van der Waals surface area contributed by atoms with Gasteiger partial charge in [0.25, 0.3) is 0 Å². The van der Waals surface area contributed by atoms with Gasteiger partial charge in [-0.2, -0.15) is 5.10 Å². The molecule has 13 heteroatoms. The number of aromatic amines is 1.